The number of carboxylic acid groups (broad SMARTS) is 1. The maximum Gasteiger partial charge on any atom is 0.354 e. The third-order valence-electron chi connectivity index (χ3n) is 6.09. The highest BCUT2D eigenvalue weighted by molar-refractivity contribution is 6.14. The number of ether oxygens (including phenoxy) is 1. The quantitative estimate of drug-likeness (QED) is 0.211. The van der Waals surface area contributed by atoms with Gasteiger partial charge in [0.15, 0.2) is 5.69 Å². The van der Waals surface area contributed by atoms with Crippen LogP contribution >= 0.6 is 0 Å². The van der Waals surface area contributed by atoms with Crippen molar-refractivity contribution >= 4 is 50.7 Å². The number of nitrogens with zero attached hydrogens (tertiary/aromatic N) is 2. The van der Waals surface area contributed by atoms with Gasteiger partial charge < -0.3 is 25.8 Å². The number of carboxylic acids is 1. The average Bonchev–Trinajstić information content (AvgIpc) is 2.95. The number of hydrogen-bond donors (Lipinski definition) is 4. The largest absolute Gasteiger partial charge is 0.497 e. The molecule has 4 N–H and O–H groups in total. The summed E-state index contributed by atoms with van der Waals surface area (Å²) in [7, 11) is 3.08. The number of aromatic carboxylic acids is 1. The molecule has 0 aliphatic carbocycles. The molecule has 0 aliphatic heterocycles. The van der Waals surface area contributed by atoms with Gasteiger partial charge in [0.1, 0.15) is 5.75 Å². The van der Waals surface area contributed by atoms with Crippen LogP contribution in [-0.4, -0.2) is 41.1 Å². The molecule has 0 bridgehead atoms. The van der Waals surface area contributed by atoms with Crippen LogP contribution in [0.15, 0.2) is 78.9 Å². The highest BCUT2D eigenvalue weighted by atomic mass is 16.5. The Hall–Kier alpha value is -5.18. The van der Waals surface area contributed by atoms with Crippen LogP contribution in [0.2, 0.25) is 0 Å². The van der Waals surface area contributed by atoms with Gasteiger partial charge in [0.05, 0.1) is 41.6 Å². The minimum atomic E-state index is -1.12. The summed E-state index contributed by atoms with van der Waals surface area (Å²) in [5, 5.41) is 20.6. The van der Waals surface area contributed by atoms with Crippen molar-refractivity contribution < 1.29 is 19.4 Å². The molecular weight excluding hydrogens is 482 g/mol. The summed E-state index contributed by atoms with van der Waals surface area (Å²) in [5.74, 6) is -0.891. The summed E-state index contributed by atoms with van der Waals surface area (Å²) in [6.45, 7) is 0.303. The number of aromatic nitrogens is 2. The number of hydrogen-bond acceptors (Lipinski definition) is 7. The van der Waals surface area contributed by atoms with E-state index in [1.54, 1.807) is 19.2 Å². The van der Waals surface area contributed by atoms with Crippen molar-refractivity contribution in [2.75, 3.05) is 24.8 Å². The lowest BCUT2D eigenvalue weighted by Crippen LogP contribution is -2.18. The first kappa shape index (κ1) is 24.5. The number of para-hydroxylation sites is 2. The van der Waals surface area contributed by atoms with E-state index >= 15 is 0 Å². The van der Waals surface area contributed by atoms with Gasteiger partial charge >= 0.3 is 5.97 Å². The van der Waals surface area contributed by atoms with Gasteiger partial charge in [0.25, 0.3) is 5.91 Å². The van der Waals surface area contributed by atoms with Crippen LogP contribution in [0.25, 0.3) is 21.8 Å². The third kappa shape index (κ3) is 4.90. The maximum absolute atomic E-state index is 12.5. The second-order valence-electron chi connectivity index (χ2n) is 8.53. The van der Waals surface area contributed by atoms with Crippen molar-refractivity contribution in [2.45, 2.75) is 6.54 Å². The van der Waals surface area contributed by atoms with Crippen molar-refractivity contribution in [3.8, 4) is 5.75 Å². The van der Waals surface area contributed by atoms with Gasteiger partial charge in [-0.2, -0.15) is 0 Å². The van der Waals surface area contributed by atoms with Gasteiger partial charge in [-0.3, -0.25) is 4.79 Å². The lowest BCUT2D eigenvalue weighted by molar-refractivity contribution is 0.0689. The summed E-state index contributed by atoms with van der Waals surface area (Å²) in [4.78, 5) is 32.9. The molecule has 0 atom stereocenters. The smallest absolute Gasteiger partial charge is 0.354 e. The summed E-state index contributed by atoms with van der Waals surface area (Å²) < 4.78 is 5.21. The van der Waals surface area contributed by atoms with Crippen molar-refractivity contribution in [1.29, 1.82) is 0 Å². The van der Waals surface area contributed by atoms with Crippen LogP contribution in [0.4, 0.5) is 17.1 Å². The van der Waals surface area contributed by atoms with E-state index in [1.807, 2.05) is 60.7 Å². The number of benzene rings is 3. The lowest BCUT2D eigenvalue weighted by atomic mass is 10.0. The van der Waals surface area contributed by atoms with Gasteiger partial charge in [0, 0.05) is 41.3 Å². The Labute approximate surface area is 218 Å². The number of pyridine rings is 2. The standard InChI is InChI=1S/C29H25N5O4/c1-30-28(35)23-11-6-10-22-26(21-9-3-4-12-24(21)34-27(22)23)33-18-8-5-7-17(13-18)31-16-19-14-20(38-2)15-25(32-19)29(36)37/h3-15,31H,16H2,1-2H3,(H,30,35)(H,33,34)(H,36,37). The molecule has 38 heavy (non-hydrogen) atoms. The number of carbonyl (C=O) groups is 2. The van der Waals surface area contributed by atoms with E-state index in [-0.39, 0.29) is 11.6 Å². The molecule has 0 saturated heterocycles. The Morgan fingerprint density at radius 2 is 1.66 bits per heavy atom. The topological polar surface area (TPSA) is 125 Å². The van der Waals surface area contributed by atoms with Crippen molar-refractivity contribution in [1.82, 2.24) is 15.3 Å². The molecule has 0 spiro atoms. The third-order valence-corrected chi connectivity index (χ3v) is 6.09. The molecule has 1 amide bonds. The molecule has 0 aliphatic rings. The van der Waals surface area contributed by atoms with E-state index in [4.69, 9.17) is 9.72 Å². The normalized spacial score (nSPS) is 10.8. The molecular formula is C29H25N5O4. The van der Waals surface area contributed by atoms with E-state index in [1.165, 1.54) is 13.2 Å². The number of amides is 1. The molecule has 3 aromatic carbocycles. The van der Waals surface area contributed by atoms with E-state index < -0.39 is 5.97 Å². The minimum absolute atomic E-state index is 0.0795. The summed E-state index contributed by atoms with van der Waals surface area (Å²) in [6.07, 6.45) is 0. The van der Waals surface area contributed by atoms with Crippen LogP contribution in [0.1, 0.15) is 26.5 Å². The first-order valence-corrected chi connectivity index (χ1v) is 11.9. The first-order valence-electron chi connectivity index (χ1n) is 11.9. The number of nitrogens with one attached hydrogen (secondary N) is 3. The van der Waals surface area contributed by atoms with Crippen LogP contribution in [0.5, 0.6) is 5.75 Å². The van der Waals surface area contributed by atoms with Gasteiger partial charge in [0.2, 0.25) is 0 Å². The Balaban J connectivity index is 1.48. The summed E-state index contributed by atoms with van der Waals surface area (Å²) in [6, 6.07) is 24.1. The van der Waals surface area contributed by atoms with Crippen LogP contribution in [0, 0.1) is 0 Å². The predicted octanol–water partition coefficient (Wildman–Crippen LogP) is 5.21. The fourth-order valence-corrected chi connectivity index (χ4v) is 4.29. The highest BCUT2D eigenvalue weighted by Crippen LogP contribution is 2.35. The monoisotopic (exact) mass is 507 g/mol. The summed E-state index contributed by atoms with van der Waals surface area (Å²) >= 11 is 0. The molecule has 2 heterocycles. The van der Waals surface area contributed by atoms with Crippen LogP contribution < -0.4 is 20.7 Å². The zero-order chi connectivity index (χ0) is 26.6. The SMILES string of the molecule is CNC(=O)c1cccc2c(Nc3cccc(NCc4cc(OC)cc(C(=O)O)n4)c3)c3ccccc3nc12. The molecule has 0 fully saturated rings. The second kappa shape index (κ2) is 10.4. The molecule has 190 valence electrons. The Morgan fingerprint density at radius 3 is 2.45 bits per heavy atom. The average molecular weight is 508 g/mol. The Morgan fingerprint density at radius 1 is 0.895 bits per heavy atom. The second-order valence-corrected chi connectivity index (χ2v) is 8.53. The molecule has 0 radical (unpaired) electrons. The Bertz CT molecular complexity index is 1690. The summed E-state index contributed by atoms with van der Waals surface area (Å²) in [5.41, 5.74) is 4.81. The van der Waals surface area contributed by atoms with Crippen molar-refractivity contribution in [2.24, 2.45) is 0 Å². The molecule has 5 rings (SSSR count). The number of carbonyl (C=O) groups excluding carboxylic acids is 1. The predicted molar refractivity (Wildman–Crippen MR) is 147 cm³/mol. The van der Waals surface area contributed by atoms with E-state index in [0.717, 1.165) is 33.4 Å². The van der Waals surface area contributed by atoms with Gasteiger partial charge in [-0.1, -0.05) is 36.4 Å². The molecule has 0 saturated carbocycles. The lowest BCUT2D eigenvalue weighted by Gasteiger charge is -2.16. The molecule has 0 unspecified atom stereocenters. The van der Waals surface area contributed by atoms with Gasteiger partial charge in [-0.25, -0.2) is 14.8 Å². The van der Waals surface area contributed by atoms with E-state index in [0.29, 0.717) is 29.1 Å². The maximum atomic E-state index is 12.5. The van der Waals surface area contributed by atoms with Crippen molar-refractivity contribution in [3.05, 3.63) is 95.8 Å². The van der Waals surface area contributed by atoms with Crippen LogP contribution in [0.3, 0.4) is 0 Å². The zero-order valence-corrected chi connectivity index (χ0v) is 20.8. The number of methoxy groups -OCH3 is 1. The molecule has 2 aromatic heterocycles. The molecule has 9 nitrogen and oxygen atoms in total. The van der Waals surface area contributed by atoms with Crippen molar-refractivity contribution in [3.63, 3.8) is 0 Å². The van der Waals surface area contributed by atoms with Gasteiger partial charge in [-0.15, -0.1) is 0 Å². The van der Waals surface area contributed by atoms with Gasteiger partial charge in [-0.05, 0) is 30.3 Å². The fourth-order valence-electron chi connectivity index (χ4n) is 4.29. The van der Waals surface area contributed by atoms with E-state index in [9.17, 15) is 14.7 Å². The van der Waals surface area contributed by atoms with E-state index in [2.05, 4.69) is 20.9 Å². The van der Waals surface area contributed by atoms with Crippen LogP contribution in [-0.2, 0) is 6.54 Å². The Kier molecular flexibility index (Phi) is 6.73. The number of rotatable bonds is 8. The number of anilines is 3. The highest BCUT2D eigenvalue weighted by Gasteiger charge is 2.16. The zero-order valence-electron chi connectivity index (χ0n) is 20.8. The fraction of sp³-hybridized carbons (Fsp3) is 0.103. The molecule has 5 aromatic rings. The first-order chi connectivity index (χ1) is 18.5. The minimum Gasteiger partial charge on any atom is -0.497 e. The molecule has 9 heteroatoms. The number of fused-ring (bicyclic) bond motifs is 2.